The standard InChI is InChI=1S/C23H21NO/c25-23(20-12-5-2-6-13-20)22-21-14-8-7-11-19(21)15-16-24(22)17-18-9-3-1-4-10-18/h1-14,22H,15-17H2. The van der Waals surface area contributed by atoms with Crippen molar-refractivity contribution in [2.75, 3.05) is 6.54 Å². The van der Waals surface area contributed by atoms with Crippen LogP contribution < -0.4 is 0 Å². The van der Waals surface area contributed by atoms with Gasteiger partial charge in [-0.15, -0.1) is 0 Å². The first-order chi connectivity index (χ1) is 12.3. The number of nitrogens with zero attached hydrogens (tertiary/aromatic N) is 1. The third-order valence-electron chi connectivity index (χ3n) is 4.92. The summed E-state index contributed by atoms with van der Waals surface area (Å²) in [7, 11) is 0. The van der Waals surface area contributed by atoms with Gasteiger partial charge in [-0.3, -0.25) is 9.69 Å². The maximum Gasteiger partial charge on any atom is 0.184 e. The van der Waals surface area contributed by atoms with E-state index in [0.29, 0.717) is 0 Å². The highest BCUT2D eigenvalue weighted by Crippen LogP contribution is 2.33. The molecule has 0 spiro atoms. The van der Waals surface area contributed by atoms with Crippen LogP contribution in [-0.4, -0.2) is 17.2 Å². The van der Waals surface area contributed by atoms with Crippen LogP contribution in [0.15, 0.2) is 84.9 Å². The van der Waals surface area contributed by atoms with Crippen LogP contribution in [0.25, 0.3) is 0 Å². The van der Waals surface area contributed by atoms with Crippen LogP contribution in [0.2, 0.25) is 0 Å². The summed E-state index contributed by atoms with van der Waals surface area (Å²) in [5.74, 6) is 0.184. The molecule has 4 rings (SSSR count). The minimum absolute atomic E-state index is 0.184. The van der Waals surface area contributed by atoms with Crippen molar-refractivity contribution < 1.29 is 4.79 Å². The van der Waals surface area contributed by atoms with E-state index in [1.54, 1.807) is 0 Å². The monoisotopic (exact) mass is 327 g/mol. The van der Waals surface area contributed by atoms with E-state index in [-0.39, 0.29) is 11.8 Å². The van der Waals surface area contributed by atoms with Crippen molar-refractivity contribution in [1.29, 1.82) is 0 Å². The Balaban J connectivity index is 1.72. The van der Waals surface area contributed by atoms with Crippen LogP contribution in [0.4, 0.5) is 0 Å². The van der Waals surface area contributed by atoms with Gasteiger partial charge in [0.2, 0.25) is 0 Å². The van der Waals surface area contributed by atoms with Crippen LogP contribution >= 0.6 is 0 Å². The largest absolute Gasteiger partial charge is 0.292 e. The lowest BCUT2D eigenvalue weighted by Gasteiger charge is -2.36. The highest BCUT2D eigenvalue weighted by Gasteiger charge is 2.33. The molecule has 0 N–H and O–H groups in total. The number of ketones is 1. The minimum Gasteiger partial charge on any atom is -0.292 e. The Kier molecular flexibility index (Phi) is 4.45. The lowest BCUT2D eigenvalue weighted by atomic mass is 9.87. The number of hydrogen-bond donors (Lipinski definition) is 0. The molecule has 2 heteroatoms. The molecule has 0 saturated heterocycles. The number of benzene rings is 3. The third-order valence-corrected chi connectivity index (χ3v) is 4.92. The van der Waals surface area contributed by atoms with E-state index in [2.05, 4.69) is 47.4 Å². The summed E-state index contributed by atoms with van der Waals surface area (Å²) in [5.41, 5.74) is 4.47. The smallest absolute Gasteiger partial charge is 0.184 e. The Morgan fingerprint density at radius 1 is 0.840 bits per heavy atom. The highest BCUT2D eigenvalue weighted by atomic mass is 16.1. The van der Waals surface area contributed by atoms with Gasteiger partial charge in [0.25, 0.3) is 0 Å². The first kappa shape index (κ1) is 15.8. The Morgan fingerprint density at radius 3 is 2.24 bits per heavy atom. The summed E-state index contributed by atoms with van der Waals surface area (Å²) in [4.78, 5) is 15.6. The molecule has 2 nitrogen and oxygen atoms in total. The fourth-order valence-corrected chi connectivity index (χ4v) is 3.67. The molecule has 0 aromatic heterocycles. The molecule has 25 heavy (non-hydrogen) atoms. The van der Waals surface area contributed by atoms with Crippen molar-refractivity contribution in [2.45, 2.75) is 19.0 Å². The first-order valence-electron chi connectivity index (χ1n) is 8.78. The van der Waals surface area contributed by atoms with E-state index in [0.717, 1.165) is 30.6 Å². The lowest BCUT2D eigenvalue weighted by molar-refractivity contribution is 0.0787. The summed E-state index contributed by atoms with van der Waals surface area (Å²) >= 11 is 0. The first-order valence-corrected chi connectivity index (χ1v) is 8.78. The molecule has 1 aliphatic heterocycles. The van der Waals surface area contributed by atoms with Gasteiger partial charge >= 0.3 is 0 Å². The summed E-state index contributed by atoms with van der Waals surface area (Å²) in [6.07, 6.45) is 0.988. The molecule has 1 atom stereocenters. The number of carbonyl (C=O) groups is 1. The van der Waals surface area contributed by atoms with Crippen molar-refractivity contribution in [3.8, 4) is 0 Å². The quantitative estimate of drug-likeness (QED) is 0.649. The van der Waals surface area contributed by atoms with Crippen molar-refractivity contribution in [2.24, 2.45) is 0 Å². The molecular weight excluding hydrogens is 306 g/mol. The second-order valence-corrected chi connectivity index (χ2v) is 6.54. The number of Topliss-reactive ketones (excluding diaryl/α,β-unsaturated/α-hetero) is 1. The molecule has 3 aromatic carbocycles. The van der Waals surface area contributed by atoms with Crippen molar-refractivity contribution in [1.82, 2.24) is 4.90 Å². The molecule has 3 aromatic rings. The molecular formula is C23H21NO. The van der Waals surface area contributed by atoms with Crippen LogP contribution in [0.5, 0.6) is 0 Å². The zero-order valence-corrected chi connectivity index (χ0v) is 14.1. The minimum atomic E-state index is -0.215. The van der Waals surface area contributed by atoms with Crippen molar-refractivity contribution in [3.05, 3.63) is 107 Å². The van der Waals surface area contributed by atoms with Gasteiger partial charge < -0.3 is 0 Å². The van der Waals surface area contributed by atoms with Gasteiger partial charge in [0, 0.05) is 18.7 Å². The fraction of sp³-hybridized carbons (Fsp3) is 0.174. The Hall–Kier alpha value is -2.71. The zero-order valence-electron chi connectivity index (χ0n) is 14.1. The molecule has 124 valence electrons. The molecule has 0 amide bonds. The number of carbonyl (C=O) groups excluding carboxylic acids is 1. The molecule has 0 saturated carbocycles. The van der Waals surface area contributed by atoms with Crippen LogP contribution in [0.1, 0.15) is 33.1 Å². The topological polar surface area (TPSA) is 20.3 Å². The van der Waals surface area contributed by atoms with Gasteiger partial charge in [-0.1, -0.05) is 84.9 Å². The second-order valence-electron chi connectivity index (χ2n) is 6.54. The van der Waals surface area contributed by atoms with Crippen LogP contribution in [-0.2, 0) is 13.0 Å². The molecule has 0 aliphatic carbocycles. The SMILES string of the molecule is O=C(c1ccccc1)C1c2ccccc2CCN1Cc1ccccc1. The predicted molar refractivity (Wildman–Crippen MR) is 101 cm³/mol. The van der Waals surface area contributed by atoms with Crippen LogP contribution in [0.3, 0.4) is 0 Å². The lowest BCUT2D eigenvalue weighted by Crippen LogP contribution is -2.39. The Morgan fingerprint density at radius 2 is 1.48 bits per heavy atom. The Bertz CT molecular complexity index is 858. The normalized spacial score (nSPS) is 17.0. The number of fused-ring (bicyclic) bond motifs is 1. The fourth-order valence-electron chi connectivity index (χ4n) is 3.67. The summed E-state index contributed by atoms with van der Waals surface area (Å²) in [6, 6.07) is 28.2. The van der Waals surface area contributed by atoms with E-state index in [9.17, 15) is 4.79 Å². The molecule has 0 bridgehead atoms. The van der Waals surface area contributed by atoms with Crippen molar-refractivity contribution in [3.63, 3.8) is 0 Å². The summed E-state index contributed by atoms with van der Waals surface area (Å²) < 4.78 is 0. The second kappa shape index (κ2) is 7.04. The van der Waals surface area contributed by atoms with E-state index < -0.39 is 0 Å². The predicted octanol–water partition coefficient (Wildman–Crippen LogP) is 4.67. The van der Waals surface area contributed by atoms with Crippen LogP contribution in [0, 0.1) is 0 Å². The third kappa shape index (κ3) is 3.26. The van der Waals surface area contributed by atoms with E-state index in [1.807, 2.05) is 42.5 Å². The zero-order chi connectivity index (χ0) is 17.1. The van der Waals surface area contributed by atoms with Gasteiger partial charge in [-0.25, -0.2) is 0 Å². The summed E-state index contributed by atoms with van der Waals surface area (Å²) in [6.45, 7) is 1.69. The highest BCUT2D eigenvalue weighted by molar-refractivity contribution is 6.01. The van der Waals surface area contributed by atoms with E-state index in [1.165, 1.54) is 11.1 Å². The number of rotatable bonds is 4. The van der Waals surface area contributed by atoms with E-state index in [4.69, 9.17) is 0 Å². The van der Waals surface area contributed by atoms with Gasteiger partial charge in [0.05, 0.1) is 6.04 Å². The van der Waals surface area contributed by atoms with Crippen molar-refractivity contribution >= 4 is 5.78 Å². The molecule has 1 unspecified atom stereocenters. The maximum absolute atomic E-state index is 13.3. The molecule has 1 aliphatic rings. The number of hydrogen-bond acceptors (Lipinski definition) is 2. The molecule has 0 radical (unpaired) electrons. The molecule has 1 heterocycles. The Labute approximate surface area is 148 Å². The van der Waals surface area contributed by atoms with Gasteiger partial charge in [-0.2, -0.15) is 0 Å². The van der Waals surface area contributed by atoms with Gasteiger partial charge in [0.15, 0.2) is 5.78 Å². The average molecular weight is 327 g/mol. The van der Waals surface area contributed by atoms with E-state index >= 15 is 0 Å². The van der Waals surface area contributed by atoms with Gasteiger partial charge in [-0.05, 0) is 23.1 Å². The summed E-state index contributed by atoms with van der Waals surface area (Å²) in [5, 5.41) is 0. The molecule has 0 fully saturated rings. The maximum atomic E-state index is 13.3. The average Bonchev–Trinajstić information content (AvgIpc) is 2.69. The van der Waals surface area contributed by atoms with Gasteiger partial charge in [0.1, 0.15) is 0 Å².